The summed E-state index contributed by atoms with van der Waals surface area (Å²) in [7, 11) is 3.37. The molecule has 0 unspecified atom stereocenters. The Kier molecular flexibility index (Phi) is 5.70. The standard InChI is InChI=1S/C12H16N2O2S/c1-14(6-7-16-2)12(15)10-8-11(17-9-10)4-3-5-13/h8-9H,5-7,13H2,1-2H3. The Labute approximate surface area is 105 Å². The molecule has 5 heteroatoms. The van der Waals surface area contributed by atoms with Crippen LogP contribution in [-0.4, -0.2) is 44.7 Å². The number of likely N-dealkylation sites (N-methyl/N-ethyl adjacent to an activating group) is 1. The van der Waals surface area contributed by atoms with Gasteiger partial charge < -0.3 is 15.4 Å². The fraction of sp³-hybridized carbons (Fsp3) is 0.417. The molecule has 0 saturated heterocycles. The van der Waals surface area contributed by atoms with Gasteiger partial charge in [0.15, 0.2) is 0 Å². The minimum atomic E-state index is -0.0147. The molecule has 0 aromatic carbocycles. The van der Waals surface area contributed by atoms with Gasteiger partial charge in [0.05, 0.1) is 23.6 Å². The largest absolute Gasteiger partial charge is 0.383 e. The van der Waals surface area contributed by atoms with E-state index < -0.39 is 0 Å². The minimum Gasteiger partial charge on any atom is -0.383 e. The number of methoxy groups -OCH3 is 1. The van der Waals surface area contributed by atoms with Crippen molar-refractivity contribution in [1.82, 2.24) is 4.90 Å². The van der Waals surface area contributed by atoms with Crippen LogP contribution in [0.25, 0.3) is 0 Å². The van der Waals surface area contributed by atoms with Crippen molar-refractivity contribution in [3.63, 3.8) is 0 Å². The van der Waals surface area contributed by atoms with Crippen LogP contribution in [0, 0.1) is 11.8 Å². The quantitative estimate of drug-likeness (QED) is 0.806. The van der Waals surface area contributed by atoms with Crippen LogP contribution in [0.1, 0.15) is 15.2 Å². The van der Waals surface area contributed by atoms with Crippen molar-refractivity contribution in [1.29, 1.82) is 0 Å². The van der Waals surface area contributed by atoms with Crippen LogP contribution in [0.15, 0.2) is 11.4 Å². The molecule has 0 radical (unpaired) electrons. The maximum Gasteiger partial charge on any atom is 0.254 e. The van der Waals surface area contributed by atoms with E-state index in [0.29, 0.717) is 25.3 Å². The fourth-order valence-corrected chi connectivity index (χ4v) is 1.95. The molecule has 0 atom stereocenters. The van der Waals surface area contributed by atoms with Gasteiger partial charge in [0.1, 0.15) is 0 Å². The molecule has 0 spiro atoms. The third-order valence-electron chi connectivity index (χ3n) is 2.14. The van der Waals surface area contributed by atoms with Crippen LogP contribution in [0.2, 0.25) is 0 Å². The molecular formula is C12H16N2O2S. The summed E-state index contributed by atoms with van der Waals surface area (Å²) in [4.78, 5) is 14.4. The lowest BCUT2D eigenvalue weighted by atomic mass is 10.2. The molecule has 92 valence electrons. The van der Waals surface area contributed by atoms with Gasteiger partial charge in [-0.15, -0.1) is 11.3 Å². The van der Waals surface area contributed by atoms with Gasteiger partial charge in [-0.1, -0.05) is 11.8 Å². The van der Waals surface area contributed by atoms with Crippen molar-refractivity contribution >= 4 is 17.2 Å². The summed E-state index contributed by atoms with van der Waals surface area (Å²) in [5, 5.41) is 1.81. The second-order valence-electron chi connectivity index (χ2n) is 3.43. The van der Waals surface area contributed by atoms with Gasteiger partial charge >= 0.3 is 0 Å². The van der Waals surface area contributed by atoms with E-state index in [1.165, 1.54) is 11.3 Å². The smallest absolute Gasteiger partial charge is 0.254 e. The van der Waals surface area contributed by atoms with E-state index in [1.54, 1.807) is 25.1 Å². The summed E-state index contributed by atoms with van der Waals surface area (Å²) < 4.78 is 4.93. The molecule has 4 nitrogen and oxygen atoms in total. The SMILES string of the molecule is COCCN(C)C(=O)c1csc(C#CCN)c1. The molecule has 17 heavy (non-hydrogen) atoms. The zero-order chi connectivity index (χ0) is 12.7. The first-order chi connectivity index (χ1) is 8.19. The molecule has 1 aromatic rings. The Balaban J connectivity index is 2.66. The van der Waals surface area contributed by atoms with Crippen molar-refractivity contribution in [3.8, 4) is 11.8 Å². The maximum absolute atomic E-state index is 11.9. The number of ether oxygens (including phenoxy) is 1. The monoisotopic (exact) mass is 252 g/mol. The van der Waals surface area contributed by atoms with Crippen LogP contribution in [0.4, 0.5) is 0 Å². The topological polar surface area (TPSA) is 55.6 Å². The van der Waals surface area contributed by atoms with Gasteiger partial charge in [0.2, 0.25) is 0 Å². The highest BCUT2D eigenvalue weighted by atomic mass is 32.1. The number of hydrogen-bond donors (Lipinski definition) is 1. The molecule has 2 N–H and O–H groups in total. The van der Waals surface area contributed by atoms with E-state index in [0.717, 1.165) is 4.88 Å². The van der Waals surface area contributed by atoms with Crippen molar-refractivity contribution in [3.05, 3.63) is 21.9 Å². The van der Waals surface area contributed by atoms with E-state index in [9.17, 15) is 4.79 Å². The van der Waals surface area contributed by atoms with Crippen molar-refractivity contribution in [2.45, 2.75) is 0 Å². The van der Waals surface area contributed by atoms with Crippen molar-refractivity contribution in [2.75, 3.05) is 33.9 Å². The van der Waals surface area contributed by atoms with Crippen molar-refractivity contribution in [2.24, 2.45) is 5.73 Å². The van der Waals surface area contributed by atoms with E-state index in [2.05, 4.69) is 11.8 Å². The molecule has 1 rings (SSSR count). The van der Waals surface area contributed by atoms with Crippen LogP contribution >= 0.6 is 11.3 Å². The normalized spacial score (nSPS) is 9.59. The van der Waals surface area contributed by atoms with E-state index in [1.807, 2.05) is 5.38 Å². The van der Waals surface area contributed by atoms with Gasteiger partial charge in [-0.3, -0.25) is 4.79 Å². The Morgan fingerprint density at radius 2 is 2.41 bits per heavy atom. The van der Waals surface area contributed by atoms with Gasteiger partial charge in [-0.25, -0.2) is 0 Å². The summed E-state index contributed by atoms with van der Waals surface area (Å²) in [6.07, 6.45) is 0. The van der Waals surface area contributed by atoms with E-state index >= 15 is 0 Å². The highest BCUT2D eigenvalue weighted by molar-refractivity contribution is 7.10. The Bertz CT molecular complexity index is 431. The van der Waals surface area contributed by atoms with Gasteiger partial charge in [0, 0.05) is 26.1 Å². The first-order valence-electron chi connectivity index (χ1n) is 5.21. The molecule has 1 amide bonds. The van der Waals surface area contributed by atoms with Crippen LogP contribution in [-0.2, 0) is 4.74 Å². The third kappa shape index (κ3) is 4.19. The molecule has 0 fully saturated rings. The number of carbonyl (C=O) groups is 1. The Hall–Kier alpha value is -1.35. The average molecular weight is 252 g/mol. The average Bonchev–Trinajstić information content (AvgIpc) is 2.81. The molecule has 0 aliphatic rings. The molecule has 1 heterocycles. The first kappa shape index (κ1) is 13.7. The van der Waals surface area contributed by atoms with Crippen LogP contribution in [0.5, 0.6) is 0 Å². The van der Waals surface area contributed by atoms with E-state index in [4.69, 9.17) is 10.5 Å². The first-order valence-corrected chi connectivity index (χ1v) is 6.09. The molecule has 0 aliphatic heterocycles. The third-order valence-corrected chi connectivity index (χ3v) is 2.98. The second kappa shape index (κ2) is 7.07. The Morgan fingerprint density at radius 1 is 1.65 bits per heavy atom. The molecule has 0 aliphatic carbocycles. The predicted molar refractivity (Wildman–Crippen MR) is 69.1 cm³/mol. The molecule has 1 aromatic heterocycles. The zero-order valence-electron chi connectivity index (χ0n) is 10.0. The van der Waals surface area contributed by atoms with E-state index in [-0.39, 0.29) is 5.91 Å². The lowest BCUT2D eigenvalue weighted by Crippen LogP contribution is -2.29. The number of nitrogens with two attached hydrogens (primary N) is 1. The lowest BCUT2D eigenvalue weighted by molar-refractivity contribution is 0.0745. The molecule has 0 saturated carbocycles. The number of carbonyl (C=O) groups excluding carboxylic acids is 1. The summed E-state index contributed by atoms with van der Waals surface area (Å²) in [6, 6.07) is 1.79. The summed E-state index contributed by atoms with van der Waals surface area (Å²) in [5.74, 6) is 5.66. The number of amides is 1. The number of thiophene rings is 1. The second-order valence-corrected chi connectivity index (χ2v) is 4.34. The Morgan fingerprint density at radius 3 is 3.06 bits per heavy atom. The zero-order valence-corrected chi connectivity index (χ0v) is 10.8. The van der Waals surface area contributed by atoms with Gasteiger partial charge in [0.25, 0.3) is 5.91 Å². The summed E-state index contributed by atoms with van der Waals surface area (Å²) in [5.41, 5.74) is 5.95. The van der Waals surface area contributed by atoms with Crippen LogP contribution < -0.4 is 5.73 Å². The lowest BCUT2D eigenvalue weighted by Gasteiger charge is -2.15. The van der Waals surface area contributed by atoms with Gasteiger partial charge in [-0.05, 0) is 6.07 Å². The predicted octanol–water partition coefficient (Wildman–Crippen LogP) is 0.777. The minimum absolute atomic E-state index is 0.0147. The molecule has 0 bridgehead atoms. The fourth-order valence-electron chi connectivity index (χ4n) is 1.20. The highest BCUT2D eigenvalue weighted by Crippen LogP contribution is 2.14. The van der Waals surface area contributed by atoms with Crippen molar-refractivity contribution < 1.29 is 9.53 Å². The summed E-state index contributed by atoms with van der Waals surface area (Å²) >= 11 is 1.45. The van der Waals surface area contributed by atoms with Crippen LogP contribution in [0.3, 0.4) is 0 Å². The summed E-state index contributed by atoms with van der Waals surface area (Å²) in [6.45, 7) is 1.44. The number of rotatable bonds is 4. The maximum atomic E-state index is 11.9. The number of hydrogen-bond acceptors (Lipinski definition) is 4. The van der Waals surface area contributed by atoms with Gasteiger partial charge in [-0.2, -0.15) is 0 Å². The highest BCUT2D eigenvalue weighted by Gasteiger charge is 2.12. The number of nitrogens with zero attached hydrogens (tertiary/aromatic N) is 1. The molecular weight excluding hydrogens is 236 g/mol.